The maximum atomic E-state index is 9.65. The standard InChI is InChI=1S/C13H17BrO3/c1-16-8-12(15)3-2-9-6-11(14)7-10-4-5-17-13(9)10/h6-7,12,15H,2-5,8H2,1H3. The predicted molar refractivity (Wildman–Crippen MR) is 69.5 cm³/mol. The maximum Gasteiger partial charge on any atom is 0.125 e. The molecular formula is C13H17BrO3. The second kappa shape index (κ2) is 5.85. The highest BCUT2D eigenvalue weighted by atomic mass is 79.9. The molecule has 1 aromatic rings. The van der Waals surface area contributed by atoms with Crippen LogP contribution in [0.15, 0.2) is 16.6 Å². The Labute approximate surface area is 110 Å². The summed E-state index contributed by atoms with van der Waals surface area (Å²) in [5, 5.41) is 9.65. The van der Waals surface area contributed by atoms with Crippen LogP contribution in [0.5, 0.6) is 5.75 Å². The SMILES string of the molecule is COCC(O)CCc1cc(Br)cc2c1OCC2. The number of aliphatic hydroxyl groups is 1. The van der Waals surface area contributed by atoms with Gasteiger partial charge < -0.3 is 14.6 Å². The van der Waals surface area contributed by atoms with Gasteiger partial charge in [-0.05, 0) is 36.1 Å². The van der Waals surface area contributed by atoms with Gasteiger partial charge in [0.2, 0.25) is 0 Å². The monoisotopic (exact) mass is 300 g/mol. The first-order chi connectivity index (χ1) is 8.20. The van der Waals surface area contributed by atoms with E-state index in [0.29, 0.717) is 13.0 Å². The highest BCUT2D eigenvalue weighted by Crippen LogP contribution is 2.33. The third-order valence-electron chi connectivity index (χ3n) is 2.93. The van der Waals surface area contributed by atoms with Crippen molar-refractivity contribution in [1.29, 1.82) is 0 Å². The van der Waals surface area contributed by atoms with Crippen molar-refractivity contribution in [1.82, 2.24) is 0 Å². The number of benzene rings is 1. The third kappa shape index (κ3) is 3.21. The zero-order valence-electron chi connectivity index (χ0n) is 9.91. The van der Waals surface area contributed by atoms with Crippen molar-refractivity contribution in [3.8, 4) is 5.75 Å². The number of hydrogen-bond acceptors (Lipinski definition) is 3. The molecule has 1 atom stereocenters. The van der Waals surface area contributed by atoms with Crippen LogP contribution in [0, 0.1) is 0 Å². The molecule has 0 spiro atoms. The molecule has 0 amide bonds. The Balaban J connectivity index is 2.05. The number of halogens is 1. The molecule has 0 aliphatic carbocycles. The highest BCUT2D eigenvalue weighted by Gasteiger charge is 2.17. The molecule has 1 N–H and O–H groups in total. The minimum absolute atomic E-state index is 0.386. The van der Waals surface area contributed by atoms with Gasteiger partial charge in [-0.25, -0.2) is 0 Å². The summed E-state index contributed by atoms with van der Waals surface area (Å²) < 4.78 is 11.6. The number of methoxy groups -OCH3 is 1. The van der Waals surface area contributed by atoms with Crippen molar-refractivity contribution in [2.75, 3.05) is 20.3 Å². The second-order valence-electron chi connectivity index (χ2n) is 4.30. The second-order valence-corrected chi connectivity index (χ2v) is 5.22. The maximum absolute atomic E-state index is 9.65. The first kappa shape index (κ1) is 12.9. The lowest BCUT2D eigenvalue weighted by atomic mass is 10.0. The van der Waals surface area contributed by atoms with Crippen molar-refractivity contribution in [3.63, 3.8) is 0 Å². The van der Waals surface area contributed by atoms with Crippen molar-refractivity contribution in [3.05, 3.63) is 27.7 Å². The number of fused-ring (bicyclic) bond motifs is 1. The minimum Gasteiger partial charge on any atom is -0.493 e. The lowest BCUT2D eigenvalue weighted by molar-refractivity contribution is 0.0594. The number of aryl methyl sites for hydroxylation is 1. The van der Waals surface area contributed by atoms with Crippen LogP contribution < -0.4 is 4.74 Å². The molecule has 2 rings (SSSR count). The minimum atomic E-state index is -0.406. The fourth-order valence-corrected chi connectivity index (χ4v) is 2.68. The van der Waals surface area contributed by atoms with E-state index >= 15 is 0 Å². The van der Waals surface area contributed by atoms with Crippen molar-refractivity contribution in [2.45, 2.75) is 25.4 Å². The summed E-state index contributed by atoms with van der Waals surface area (Å²) in [6.07, 6.45) is 2.07. The summed E-state index contributed by atoms with van der Waals surface area (Å²) in [5.41, 5.74) is 2.43. The molecule has 17 heavy (non-hydrogen) atoms. The quantitative estimate of drug-likeness (QED) is 0.907. The number of ether oxygens (including phenoxy) is 2. The van der Waals surface area contributed by atoms with Gasteiger partial charge in [0.25, 0.3) is 0 Å². The predicted octanol–water partition coefficient (Wildman–Crippen LogP) is 2.32. The molecule has 0 aromatic heterocycles. The fourth-order valence-electron chi connectivity index (χ4n) is 2.13. The van der Waals surface area contributed by atoms with E-state index < -0.39 is 6.10 Å². The molecule has 1 heterocycles. The molecule has 1 aromatic carbocycles. The molecule has 3 nitrogen and oxygen atoms in total. The highest BCUT2D eigenvalue weighted by molar-refractivity contribution is 9.10. The van der Waals surface area contributed by atoms with Crippen LogP contribution in [-0.4, -0.2) is 31.5 Å². The van der Waals surface area contributed by atoms with Gasteiger partial charge in [-0.1, -0.05) is 15.9 Å². The molecule has 1 aliphatic heterocycles. The summed E-state index contributed by atoms with van der Waals surface area (Å²) in [4.78, 5) is 0. The molecular weight excluding hydrogens is 284 g/mol. The Morgan fingerprint density at radius 1 is 1.53 bits per heavy atom. The average molecular weight is 301 g/mol. The van der Waals surface area contributed by atoms with Gasteiger partial charge in [0.15, 0.2) is 0 Å². The normalized spacial score (nSPS) is 15.5. The third-order valence-corrected chi connectivity index (χ3v) is 3.39. The van der Waals surface area contributed by atoms with Crippen LogP contribution in [0.2, 0.25) is 0 Å². The van der Waals surface area contributed by atoms with Gasteiger partial charge in [0, 0.05) is 18.0 Å². The van der Waals surface area contributed by atoms with Crippen LogP contribution >= 0.6 is 15.9 Å². The Bertz CT molecular complexity index is 392. The van der Waals surface area contributed by atoms with Crippen LogP contribution in [0.25, 0.3) is 0 Å². The topological polar surface area (TPSA) is 38.7 Å². The smallest absolute Gasteiger partial charge is 0.125 e. The average Bonchev–Trinajstić information content (AvgIpc) is 2.74. The summed E-state index contributed by atoms with van der Waals surface area (Å²) >= 11 is 3.51. The lowest BCUT2D eigenvalue weighted by Crippen LogP contribution is -2.14. The van der Waals surface area contributed by atoms with E-state index in [1.807, 2.05) is 0 Å². The van der Waals surface area contributed by atoms with E-state index in [2.05, 4.69) is 28.1 Å². The van der Waals surface area contributed by atoms with Gasteiger partial charge in [-0.15, -0.1) is 0 Å². The van der Waals surface area contributed by atoms with E-state index in [1.54, 1.807) is 7.11 Å². The first-order valence-corrected chi connectivity index (χ1v) is 6.61. The molecule has 0 radical (unpaired) electrons. The molecule has 0 saturated carbocycles. The van der Waals surface area contributed by atoms with Crippen LogP contribution in [-0.2, 0) is 17.6 Å². The van der Waals surface area contributed by atoms with Crippen LogP contribution in [0.1, 0.15) is 17.5 Å². The van der Waals surface area contributed by atoms with Crippen LogP contribution in [0.4, 0.5) is 0 Å². The van der Waals surface area contributed by atoms with Gasteiger partial charge >= 0.3 is 0 Å². The van der Waals surface area contributed by atoms with E-state index in [1.165, 1.54) is 11.1 Å². The molecule has 1 unspecified atom stereocenters. The zero-order valence-corrected chi connectivity index (χ0v) is 11.5. The molecule has 0 saturated heterocycles. The van der Waals surface area contributed by atoms with E-state index in [9.17, 15) is 5.11 Å². The Kier molecular flexibility index (Phi) is 4.42. The Morgan fingerprint density at radius 2 is 2.35 bits per heavy atom. The van der Waals surface area contributed by atoms with Crippen LogP contribution in [0.3, 0.4) is 0 Å². The van der Waals surface area contributed by atoms with E-state index in [-0.39, 0.29) is 0 Å². The van der Waals surface area contributed by atoms with E-state index in [0.717, 1.165) is 29.7 Å². The molecule has 1 aliphatic rings. The lowest BCUT2D eigenvalue weighted by Gasteiger charge is -2.12. The van der Waals surface area contributed by atoms with Gasteiger partial charge in [0.05, 0.1) is 19.3 Å². The van der Waals surface area contributed by atoms with Crippen molar-refractivity contribution >= 4 is 15.9 Å². The zero-order chi connectivity index (χ0) is 12.3. The Hall–Kier alpha value is -0.580. The number of rotatable bonds is 5. The van der Waals surface area contributed by atoms with Gasteiger partial charge in [-0.3, -0.25) is 0 Å². The Morgan fingerprint density at radius 3 is 3.12 bits per heavy atom. The summed E-state index contributed by atoms with van der Waals surface area (Å²) in [6.45, 7) is 1.15. The first-order valence-electron chi connectivity index (χ1n) is 5.82. The molecule has 0 bridgehead atoms. The summed E-state index contributed by atoms with van der Waals surface area (Å²) in [7, 11) is 1.60. The molecule has 94 valence electrons. The fraction of sp³-hybridized carbons (Fsp3) is 0.538. The van der Waals surface area contributed by atoms with E-state index in [4.69, 9.17) is 9.47 Å². The summed E-state index contributed by atoms with van der Waals surface area (Å²) in [5.74, 6) is 1.01. The number of hydrogen-bond donors (Lipinski definition) is 1. The number of aliphatic hydroxyl groups excluding tert-OH is 1. The van der Waals surface area contributed by atoms with Gasteiger partial charge in [-0.2, -0.15) is 0 Å². The largest absolute Gasteiger partial charge is 0.493 e. The summed E-state index contributed by atoms with van der Waals surface area (Å²) in [6, 6.07) is 4.18. The molecule has 0 fully saturated rings. The van der Waals surface area contributed by atoms with Gasteiger partial charge in [0.1, 0.15) is 5.75 Å². The molecule has 4 heteroatoms. The van der Waals surface area contributed by atoms with Crippen molar-refractivity contribution in [2.24, 2.45) is 0 Å². The van der Waals surface area contributed by atoms with Crippen molar-refractivity contribution < 1.29 is 14.6 Å².